The minimum atomic E-state index is -3.68. The van der Waals surface area contributed by atoms with Crippen LogP contribution in [0.25, 0.3) is 0 Å². The number of hydrogen-bond acceptors (Lipinski definition) is 6. The number of sulfonamides is 1. The third-order valence-corrected chi connectivity index (χ3v) is 4.52. The number of nitrogens with two attached hydrogens (primary N) is 1. The fourth-order valence-electron chi connectivity index (χ4n) is 1.30. The molecule has 0 aliphatic carbocycles. The summed E-state index contributed by atoms with van der Waals surface area (Å²) in [6, 6.07) is 0. The van der Waals surface area contributed by atoms with E-state index in [0.717, 1.165) is 11.3 Å². The molecule has 0 spiro atoms. The first-order valence-electron chi connectivity index (χ1n) is 5.20. The lowest BCUT2D eigenvalue weighted by Gasteiger charge is -2.02. The summed E-state index contributed by atoms with van der Waals surface area (Å²) in [6.07, 6.45) is 2.74. The van der Waals surface area contributed by atoms with Gasteiger partial charge in [0.2, 0.25) is 0 Å². The molecule has 0 aromatic carbocycles. The van der Waals surface area contributed by atoms with Crippen LogP contribution >= 0.6 is 11.3 Å². The second-order valence-electron chi connectivity index (χ2n) is 3.50. The zero-order valence-corrected chi connectivity index (χ0v) is 11.6. The monoisotopic (exact) mass is 297 g/mol. The number of H-pyrrole nitrogens is 1. The van der Waals surface area contributed by atoms with E-state index in [2.05, 4.69) is 31.7 Å². The zero-order valence-electron chi connectivity index (χ0n) is 9.97. The first-order valence-corrected chi connectivity index (χ1v) is 7.50. The molecule has 2 aromatic rings. The summed E-state index contributed by atoms with van der Waals surface area (Å²) < 4.78 is 26.5. The molecule has 0 saturated carbocycles. The van der Waals surface area contributed by atoms with Crippen LogP contribution in [0.1, 0.15) is 10.6 Å². The van der Waals surface area contributed by atoms with E-state index in [1.165, 1.54) is 12.4 Å². The van der Waals surface area contributed by atoms with Crippen molar-refractivity contribution in [2.24, 2.45) is 5.73 Å². The Morgan fingerprint density at radius 1 is 1.53 bits per heavy atom. The molecule has 2 aromatic heterocycles. The lowest BCUT2D eigenvalue weighted by atomic mass is 10.5. The fourth-order valence-corrected chi connectivity index (χ4v) is 3.37. The highest BCUT2D eigenvalue weighted by atomic mass is 32.2. The Balaban J connectivity index is 2.22. The SMILES string of the molecule is Cc1[nH]ncc1S(=O)(=O)Nc1ncc(C#CCN)s1. The van der Waals surface area contributed by atoms with Gasteiger partial charge in [-0.05, 0) is 6.92 Å². The molecule has 0 aliphatic heterocycles. The van der Waals surface area contributed by atoms with E-state index < -0.39 is 10.0 Å². The molecule has 0 aliphatic rings. The number of nitrogens with zero attached hydrogens (tertiary/aromatic N) is 2. The molecule has 100 valence electrons. The molecule has 0 radical (unpaired) electrons. The molecular formula is C10H11N5O2S2. The van der Waals surface area contributed by atoms with Crippen LogP contribution in [0.2, 0.25) is 0 Å². The maximum Gasteiger partial charge on any atom is 0.267 e. The van der Waals surface area contributed by atoms with Gasteiger partial charge in [0.05, 0.1) is 29.5 Å². The summed E-state index contributed by atoms with van der Waals surface area (Å²) in [5.41, 5.74) is 5.72. The molecule has 0 unspecified atom stereocenters. The molecular weight excluding hydrogens is 286 g/mol. The van der Waals surface area contributed by atoms with Crippen LogP contribution in [0.15, 0.2) is 17.3 Å². The Hall–Kier alpha value is -1.89. The molecule has 7 nitrogen and oxygen atoms in total. The Kier molecular flexibility index (Phi) is 3.84. The summed E-state index contributed by atoms with van der Waals surface area (Å²) in [7, 11) is -3.68. The predicted molar refractivity (Wildman–Crippen MR) is 72.2 cm³/mol. The van der Waals surface area contributed by atoms with Crippen LogP contribution in [0.5, 0.6) is 0 Å². The van der Waals surface area contributed by atoms with Crippen LogP contribution in [-0.4, -0.2) is 30.1 Å². The van der Waals surface area contributed by atoms with Gasteiger partial charge in [0.1, 0.15) is 4.90 Å². The molecule has 0 saturated heterocycles. The normalized spacial score (nSPS) is 10.8. The maximum atomic E-state index is 12.0. The lowest BCUT2D eigenvalue weighted by Crippen LogP contribution is -2.13. The minimum Gasteiger partial charge on any atom is -0.320 e. The Bertz CT molecular complexity index is 735. The quantitative estimate of drug-likeness (QED) is 0.704. The van der Waals surface area contributed by atoms with E-state index in [-0.39, 0.29) is 16.6 Å². The van der Waals surface area contributed by atoms with Gasteiger partial charge < -0.3 is 5.73 Å². The van der Waals surface area contributed by atoms with Crippen molar-refractivity contribution in [3.8, 4) is 11.8 Å². The lowest BCUT2D eigenvalue weighted by molar-refractivity contribution is 0.600. The van der Waals surface area contributed by atoms with E-state index in [9.17, 15) is 8.42 Å². The molecule has 0 fully saturated rings. The van der Waals surface area contributed by atoms with Crippen LogP contribution in [-0.2, 0) is 10.0 Å². The Morgan fingerprint density at radius 2 is 2.32 bits per heavy atom. The summed E-state index contributed by atoms with van der Waals surface area (Å²) in [6.45, 7) is 1.87. The number of nitrogens with one attached hydrogen (secondary N) is 2. The van der Waals surface area contributed by atoms with Crippen LogP contribution in [0, 0.1) is 18.8 Å². The van der Waals surface area contributed by atoms with E-state index in [0.29, 0.717) is 10.6 Å². The number of rotatable bonds is 3. The molecule has 2 heterocycles. The van der Waals surface area contributed by atoms with Gasteiger partial charge in [-0.25, -0.2) is 13.4 Å². The highest BCUT2D eigenvalue weighted by Gasteiger charge is 2.19. The topological polar surface area (TPSA) is 114 Å². The minimum absolute atomic E-state index is 0.0947. The number of thiazole rings is 1. The number of hydrogen-bond donors (Lipinski definition) is 3. The first-order chi connectivity index (χ1) is 9.03. The Morgan fingerprint density at radius 3 is 2.95 bits per heavy atom. The van der Waals surface area contributed by atoms with Crippen molar-refractivity contribution in [1.82, 2.24) is 15.2 Å². The average Bonchev–Trinajstić information content (AvgIpc) is 2.95. The van der Waals surface area contributed by atoms with Crippen molar-refractivity contribution in [3.05, 3.63) is 23.0 Å². The highest BCUT2D eigenvalue weighted by Crippen LogP contribution is 2.21. The third kappa shape index (κ3) is 3.11. The van der Waals surface area contributed by atoms with Crippen molar-refractivity contribution in [1.29, 1.82) is 0 Å². The molecule has 0 amide bonds. The van der Waals surface area contributed by atoms with Crippen molar-refractivity contribution in [2.45, 2.75) is 11.8 Å². The van der Waals surface area contributed by atoms with E-state index >= 15 is 0 Å². The van der Waals surface area contributed by atoms with Crippen LogP contribution < -0.4 is 10.5 Å². The van der Waals surface area contributed by atoms with Gasteiger partial charge in [-0.15, -0.1) is 0 Å². The molecule has 9 heteroatoms. The fraction of sp³-hybridized carbons (Fsp3) is 0.200. The van der Waals surface area contributed by atoms with Crippen molar-refractivity contribution >= 4 is 26.5 Å². The molecule has 4 N–H and O–H groups in total. The second kappa shape index (κ2) is 5.40. The maximum absolute atomic E-state index is 12.0. The number of aromatic nitrogens is 3. The summed E-state index contributed by atoms with van der Waals surface area (Å²) in [4.78, 5) is 4.69. The van der Waals surface area contributed by atoms with Crippen LogP contribution in [0.4, 0.5) is 5.13 Å². The zero-order chi connectivity index (χ0) is 13.9. The summed E-state index contributed by atoms with van der Waals surface area (Å²) in [5.74, 6) is 5.46. The van der Waals surface area contributed by atoms with E-state index in [4.69, 9.17) is 5.73 Å². The first kappa shape index (κ1) is 13.5. The number of aromatic amines is 1. The van der Waals surface area contributed by atoms with E-state index in [1.807, 2.05) is 0 Å². The molecule has 0 atom stereocenters. The van der Waals surface area contributed by atoms with Crippen molar-refractivity contribution < 1.29 is 8.42 Å². The third-order valence-electron chi connectivity index (χ3n) is 2.11. The number of anilines is 1. The molecule has 19 heavy (non-hydrogen) atoms. The standard InChI is InChI=1S/C10H11N5O2S2/c1-7-9(6-13-14-7)19(16,17)15-10-12-5-8(18-10)3-2-4-11/h5-6H,4,11H2,1H3,(H,12,15)(H,13,14). The predicted octanol–water partition coefficient (Wildman–Crippen LogP) is 0.286. The van der Waals surface area contributed by atoms with Gasteiger partial charge in [0.15, 0.2) is 5.13 Å². The molecule has 0 bridgehead atoms. The van der Waals surface area contributed by atoms with Gasteiger partial charge in [-0.3, -0.25) is 9.82 Å². The summed E-state index contributed by atoms with van der Waals surface area (Å²) in [5, 5.41) is 6.50. The van der Waals surface area contributed by atoms with Crippen molar-refractivity contribution in [2.75, 3.05) is 11.3 Å². The van der Waals surface area contributed by atoms with Crippen LogP contribution in [0.3, 0.4) is 0 Å². The van der Waals surface area contributed by atoms with Gasteiger partial charge in [0.25, 0.3) is 10.0 Å². The second-order valence-corrected chi connectivity index (χ2v) is 6.18. The summed E-state index contributed by atoms with van der Waals surface area (Å²) >= 11 is 1.14. The Labute approximate surface area is 114 Å². The molecule has 2 rings (SSSR count). The average molecular weight is 297 g/mol. The van der Waals surface area contributed by atoms with E-state index in [1.54, 1.807) is 6.92 Å². The van der Waals surface area contributed by atoms with Gasteiger partial charge >= 0.3 is 0 Å². The smallest absolute Gasteiger partial charge is 0.267 e. The van der Waals surface area contributed by atoms with Gasteiger partial charge in [-0.1, -0.05) is 23.2 Å². The van der Waals surface area contributed by atoms with Gasteiger partial charge in [-0.2, -0.15) is 5.10 Å². The van der Waals surface area contributed by atoms with Gasteiger partial charge in [0, 0.05) is 0 Å². The number of aryl methyl sites for hydroxylation is 1. The largest absolute Gasteiger partial charge is 0.320 e. The van der Waals surface area contributed by atoms with Crippen molar-refractivity contribution in [3.63, 3.8) is 0 Å². The highest BCUT2D eigenvalue weighted by molar-refractivity contribution is 7.93.